The number of ether oxygens (including phenoxy) is 1. The molecule has 0 aliphatic rings. The molecule has 0 aliphatic carbocycles. The highest BCUT2D eigenvalue weighted by molar-refractivity contribution is 5.77. The summed E-state index contributed by atoms with van der Waals surface area (Å²) in [5.41, 5.74) is 1.46. The average Bonchev–Trinajstić information content (AvgIpc) is 3.15. The van der Waals surface area contributed by atoms with Crippen molar-refractivity contribution in [3.05, 3.63) is 60.4 Å². The molecule has 0 saturated carbocycles. The Labute approximate surface area is 169 Å². The second kappa shape index (κ2) is 7.97. The van der Waals surface area contributed by atoms with Gasteiger partial charge in [0.15, 0.2) is 0 Å². The highest BCUT2D eigenvalue weighted by Gasteiger charge is 2.30. The molecular formula is C20H17F3N6O. The number of alkyl halides is 3. The summed E-state index contributed by atoms with van der Waals surface area (Å²) in [5.74, 6) is 0.635. The van der Waals surface area contributed by atoms with Crippen LogP contribution >= 0.6 is 0 Å². The van der Waals surface area contributed by atoms with Gasteiger partial charge in [-0.15, -0.1) is 9.73 Å². The topological polar surface area (TPSA) is 77.2 Å². The third-order valence-electron chi connectivity index (χ3n) is 4.20. The van der Waals surface area contributed by atoms with Gasteiger partial charge in [-0.2, -0.15) is 18.3 Å². The Hall–Kier alpha value is -3.69. The van der Waals surface area contributed by atoms with Crippen molar-refractivity contribution in [1.29, 1.82) is 0 Å². The molecule has 10 heteroatoms. The molecule has 154 valence electrons. The number of fused-ring (bicyclic) bond motifs is 1. The molecule has 3 aromatic heterocycles. The highest BCUT2D eigenvalue weighted by atomic mass is 19.4. The fourth-order valence-corrected chi connectivity index (χ4v) is 2.81. The molecule has 4 aromatic rings. The van der Waals surface area contributed by atoms with E-state index in [0.29, 0.717) is 29.3 Å². The Morgan fingerprint density at radius 2 is 2.00 bits per heavy atom. The zero-order valence-corrected chi connectivity index (χ0v) is 15.9. The van der Waals surface area contributed by atoms with Crippen LogP contribution in [0.4, 0.5) is 24.8 Å². The van der Waals surface area contributed by atoms with Gasteiger partial charge in [-0.05, 0) is 36.8 Å². The maximum absolute atomic E-state index is 12.9. The number of aromatic nitrogens is 5. The number of nitrogens with one attached hydrogen (secondary N) is 1. The van der Waals surface area contributed by atoms with Gasteiger partial charge in [-0.25, -0.2) is 9.97 Å². The average molecular weight is 414 g/mol. The summed E-state index contributed by atoms with van der Waals surface area (Å²) in [7, 11) is 0. The van der Waals surface area contributed by atoms with Crippen LogP contribution in [-0.2, 0) is 6.18 Å². The van der Waals surface area contributed by atoms with Crippen molar-refractivity contribution in [2.45, 2.75) is 19.5 Å². The van der Waals surface area contributed by atoms with E-state index in [0.717, 1.165) is 18.6 Å². The van der Waals surface area contributed by atoms with Gasteiger partial charge in [0.05, 0.1) is 29.6 Å². The lowest BCUT2D eigenvalue weighted by molar-refractivity contribution is -0.137. The van der Waals surface area contributed by atoms with E-state index in [1.54, 1.807) is 18.3 Å². The Balaban J connectivity index is 1.61. The van der Waals surface area contributed by atoms with Gasteiger partial charge < -0.3 is 10.1 Å². The van der Waals surface area contributed by atoms with Crippen molar-refractivity contribution in [3.8, 4) is 17.1 Å². The van der Waals surface area contributed by atoms with Crippen LogP contribution in [0.25, 0.3) is 16.8 Å². The summed E-state index contributed by atoms with van der Waals surface area (Å²) in [6.07, 6.45) is -0.424. The summed E-state index contributed by atoms with van der Waals surface area (Å²) < 4.78 is 45.7. The SMILES string of the molecule is CCCOc1ccc2c(-c3ccnc(Nc4cccc(C(F)(F)F)c4)n3)cnn2n1. The minimum Gasteiger partial charge on any atom is -0.477 e. The number of nitrogens with zero attached hydrogens (tertiary/aromatic N) is 5. The van der Waals surface area contributed by atoms with Crippen molar-refractivity contribution in [2.24, 2.45) is 0 Å². The molecule has 7 nitrogen and oxygen atoms in total. The minimum absolute atomic E-state index is 0.169. The first-order valence-corrected chi connectivity index (χ1v) is 9.19. The summed E-state index contributed by atoms with van der Waals surface area (Å²) in [6, 6.07) is 10.1. The number of benzene rings is 1. The third kappa shape index (κ3) is 4.17. The second-order valence-corrected chi connectivity index (χ2v) is 6.42. The predicted octanol–water partition coefficient (Wildman–Crippen LogP) is 4.74. The maximum Gasteiger partial charge on any atom is 0.416 e. The molecule has 0 radical (unpaired) electrons. The van der Waals surface area contributed by atoms with Crippen LogP contribution in [-0.4, -0.2) is 31.4 Å². The zero-order valence-electron chi connectivity index (χ0n) is 15.9. The molecule has 0 spiro atoms. The van der Waals surface area contributed by atoms with Crippen molar-refractivity contribution < 1.29 is 17.9 Å². The minimum atomic E-state index is -4.43. The van der Waals surface area contributed by atoms with Crippen molar-refractivity contribution in [3.63, 3.8) is 0 Å². The number of hydrogen-bond acceptors (Lipinski definition) is 6. The maximum atomic E-state index is 12.9. The Bertz CT molecular complexity index is 1170. The van der Waals surface area contributed by atoms with Gasteiger partial charge in [0.2, 0.25) is 11.8 Å². The van der Waals surface area contributed by atoms with E-state index in [1.165, 1.54) is 23.0 Å². The Morgan fingerprint density at radius 3 is 2.80 bits per heavy atom. The molecule has 0 amide bonds. The fourth-order valence-electron chi connectivity index (χ4n) is 2.81. The summed E-state index contributed by atoms with van der Waals surface area (Å²) in [6.45, 7) is 2.56. The Morgan fingerprint density at radius 1 is 1.13 bits per heavy atom. The lowest BCUT2D eigenvalue weighted by Crippen LogP contribution is -2.05. The lowest BCUT2D eigenvalue weighted by atomic mass is 10.2. The van der Waals surface area contributed by atoms with Crippen molar-refractivity contribution in [1.82, 2.24) is 24.8 Å². The first kappa shape index (κ1) is 19.6. The molecule has 0 unspecified atom stereocenters. The van der Waals surface area contributed by atoms with E-state index in [1.807, 2.05) is 13.0 Å². The molecule has 0 bridgehead atoms. The molecule has 3 heterocycles. The van der Waals surface area contributed by atoms with Gasteiger partial charge in [0, 0.05) is 23.5 Å². The van der Waals surface area contributed by atoms with Crippen molar-refractivity contribution in [2.75, 3.05) is 11.9 Å². The molecule has 0 fully saturated rings. The van der Waals surface area contributed by atoms with Gasteiger partial charge in [-0.3, -0.25) is 0 Å². The third-order valence-corrected chi connectivity index (χ3v) is 4.20. The quantitative estimate of drug-likeness (QED) is 0.491. The number of halogens is 3. The standard InChI is InChI=1S/C20H17F3N6O/c1-2-10-30-18-7-6-17-15(12-25-29(17)28-18)16-8-9-24-19(27-16)26-14-5-3-4-13(11-14)20(21,22)23/h3-9,11-12H,2,10H2,1H3,(H,24,26,27). The first-order chi connectivity index (χ1) is 14.4. The Kier molecular flexibility index (Phi) is 5.21. The van der Waals surface area contributed by atoms with Crippen LogP contribution in [0.1, 0.15) is 18.9 Å². The summed E-state index contributed by atoms with van der Waals surface area (Å²) in [5, 5.41) is 11.3. The highest BCUT2D eigenvalue weighted by Crippen LogP contribution is 2.31. The summed E-state index contributed by atoms with van der Waals surface area (Å²) in [4.78, 5) is 8.51. The van der Waals surface area contributed by atoms with Crippen molar-refractivity contribution >= 4 is 17.2 Å². The molecule has 0 aliphatic heterocycles. The second-order valence-electron chi connectivity index (χ2n) is 6.42. The van der Waals surface area contributed by atoms with E-state index in [9.17, 15) is 13.2 Å². The zero-order chi connectivity index (χ0) is 21.1. The molecule has 0 atom stereocenters. The van der Waals surface area contributed by atoms with Crippen LogP contribution in [0.5, 0.6) is 5.88 Å². The number of anilines is 2. The van der Waals surface area contributed by atoms with Crippen LogP contribution in [0.3, 0.4) is 0 Å². The van der Waals surface area contributed by atoms with Crippen LogP contribution < -0.4 is 10.1 Å². The number of hydrogen-bond donors (Lipinski definition) is 1. The molecule has 0 saturated heterocycles. The van der Waals surface area contributed by atoms with E-state index >= 15 is 0 Å². The first-order valence-electron chi connectivity index (χ1n) is 9.19. The van der Waals surface area contributed by atoms with E-state index in [2.05, 4.69) is 25.5 Å². The van der Waals surface area contributed by atoms with Crippen LogP contribution in [0, 0.1) is 0 Å². The van der Waals surface area contributed by atoms with E-state index in [4.69, 9.17) is 4.74 Å². The molecule has 1 N–H and O–H groups in total. The summed E-state index contributed by atoms with van der Waals surface area (Å²) >= 11 is 0. The normalized spacial score (nSPS) is 11.6. The van der Waals surface area contributed by atoms with Crippen LogP contribution in [0.2, 0.25) is 0 Å². The fraction of sp³-hybridized carbons (Fsp3) is 0.200. The monoisotopic (exact) mass is 414 g/mol. The van der Waals surface area contributed by atoms with E-state index < -0.39 is 11.7 Å². The smallest absolute Gasteiger partial charge is 0.416 e. The molecule has 4 rings (SSSR count). The lowest BCUT2D eigenvalue weighted by Gasteiger charge is -2.10. The van der Waals surface area contributed by atoms with Gasteiger partial charge in [0.1, 0.15) is 0 Å². The number of rotatable bonds is 6. The largest absolute Gasteiger partial charge is 0.477 e. The van der Waals surface area contributed by atoms with Gasteiger partial charge in [-0.1, -0.05) is 13.0 Å². The molecule has 1 aromatic carbocycles. The molecule has 30 heavy (non-hydrogen) atoms. The predicted molar refractivity (Wildman–Crippen MR) is 105 cm³/mol. The molecular weight excluding hydrogens is 397 g/mol. The van der Waals surface area contributed by atoms with Gasteiger partial charge >= 0.3 is 6.18 Å². The van der Waals surface area contributed by atoms with Crippen LogP contribution in [0.15, 0.2) is 54.9 Å². The van der Waals surface area contributed by atoms with E-state index in [-0.39, 0.29) is 11.6 Å². The van der Waals surface area contributed by atoms with Gasteiger partial charge in [0.25, 0.3) is 0 Å².